The van der Waals surface area contributed by atoms with Gasteiger partial charge in [-0.2, -0.15) is 0 Å². The summed E-state index contributed by atoms with van der Waals surface area (Å²) in [7, 11) is 4.13. The van der Waals surface area contributed by atoms with E-state index >= 15 is 0 Å². The van der Waals surface area contributed by atoms with E-state index in [0.29, 0.717) is 19.0 Å². The molecule has 5 heteroatoms. The highest BCUT2D eigenvalue weighted by atomic mass is 16.3. The fourth-order valence-corrected chi connectivity index (χ4v) is 2.70. The number of aliphatic hydroxyl groups excluding tert-OH is 1. The van der Waals surface area contributed by atoms with Crippen LogP contribution in [0.2, 0.25) is 0 Å². The van der Waals surface area contributed by atoms with Crippen molar-refractivity contribution in [3.8, 4) is 0 Å². The van der Waals surface area contributed by atoms with Crippen LogP contribution >= 0.6 is 0 Å². The number of hydrogen-bond acceptors (Lipinski definition) is 4. The Morgan fingerprint density at radius 2 is 2.24 bits per heavy atom. The van der Waals surface area contributed by atoms with Gasteiger partial charge in [0.25, 0.3) is 0 Å². The van der Waals surface area contributed by atoms with Crippen LogP contribution in [0.3, 0.4) is 0 Å². The molecule has 3 atom stereocenters. The number of likely N-dealkylation sites (N-methyl/N-ethyl adjacent to an activating group) is 1. The quantitative estimate of drug-likeness (QED) is 0.669. The molecule has 2 rings (SSSR count). The normalized spacial score (nSPS) is 34.4. The molecule has 0 saturated carbocycles. The second-order valence-corrected chi connectivity index (χ2v) is 5.39. The van der Waals surface area contributed by atoms with Gasteiger partial charge in [0.15, 0.2) is 0 Å². The smallest absolute Gasteiger partial charge is 0.239 e. The van der Waals surface area contributed by atoms with Crippen LogP contribution in [0.15, 0.2) is 0 Å². The van der Waals surface area contributed by atoms with Crippen LogP contribution in [0.25, 0.3) is 0 Å². The molecule has 2 aliphatic rings. The van der Waals surface area contributed by atoms with E-state index in [0.717, 1.165) is 25.9 Å². The number of nitrogens with one attached hydrogen (secondary N) is 1. The van der Waals surface area contributed by atoms with Crippen LogP contribution in [0.4, 0.5) is 0 Å². The van der Waals surface area contributed by atoms with E-state index in [9.17, 15) is 9.90 Å². The predicted molar refractivity (Wildman–Crippen MR) is 65.7 cm³/mol. The van der Waals surface area contributed by atoms with E-state index < -0.39 is 0 Å². The summed E-state index contributed by atoms with van der Waals surface area (Å²) in [4.78, 5) is 16.4. The van der Waals surface area contributed by atoms with E-state index in [4.69, 9.17) is 0 Å². The zero-order valence-electron chi connectivity index (χ0n) is 10.7. The van der Waals surface area contributed by atoms with Crippen LogP contribution in [0.5, 0.6) is 0 Å². The summed E-state index contributed by atoms with van der Waals surface area (Å²) >= 11 is 0. The van der Waals surface area contributed by atoms with Crippen molar-refractivity contribution in [3.63, 3.8) is 0 Å². The van der Waals surface area contributed by atoms with Gasteiger partial charge in [-0.3, -0.25) is 4.79 Å². The van der Waals surface area contributed by atoms with Crippen LogP contribution in [0.1, 0.15) is 19.3 Å². The first-order valence-electron chi connectivity index (χ1n) is 6.44. The summed E-state index contributed by atoms with van der Waals surface area (Å²) in [6, 6.07) is 0.296. The van der Waals surface area contributed by atoms with Crippen molar-refractivity contribution in [2.75, 3.05) is 33.7 Å². The number of β-amino-alcohol motifs (C(OH)–C–C–N with tert-alkyl or cyclic N) is 1. The van der Waals surface area contributed by atoms with E-state index in [2.05, 4.69) is 24.3 Å². The SMILES string of the molecule is CN(C)C1CCCN(C(=O)C2CC(O)CN2)C1. The Bertz CT molecular complexity index is 283. The van der Waals surface area contributed by atoms with Crippen molar-refractivity contribution < 1.29 is 9.90 Å². The van der Waals surface area contributed by atoms with Gasteiger partial charge >= 0.3 is 0 Å². The molecule has 0 aromatic heterocycles. The number of amides is 1. The molecule has 2 saturated heterocycles. The van der Waals surface area contributed by atoms with Gasteiger partial charge in [-0.05, 0) is 33.4 Å². The molecular weight excluding hydrogens is 218 g/mol. The van der Waals surface area contributed by atoms with Crippen molar-refractivity contribution in [1.82, 2.24) is 15.1 Å². The monoisotopic (exact) mass is 241 g/mol. The lowest BCUT2D eigenvalue weighted by Crippen LogP contribution is -2.52. The lowest BCUT2D eigenvalue weighted by Gasteiger charge is -2.37. The third-order valence-corrected chi connectivity index (χ3v) is 3.84. The lowest BCUT2D eigenvalue weighted by molar-refractivity contribution is -0.135. The summed E-state index contributed by atoms with van der Waals surface area (Å²) in [5, 5.41) is 12.5. The third kappa shape index (κ3) is 2.97. The highest BCUT2D eigenvalue weighted by Crippen LogP contribution is 2.17. The Balaban J connectivity index is 1.90. The molecule has 2 heterocycles. The molecule has 5 nitrogen and oxygen atoms in total. The Hall–Kier alpha value is -0.650. The number of carbonyl (C=O) groups excluding carboxylic acids is 1. The van der Waals surface area contributed by atoms with Crippen molar-refractivity contribution >= 4 is 5.91 Å². The summed E-state index contributed by atoms with van der Waals surface area (Å²) < 4.78 is 0. The zero-order chi connectivity index (χ0) is 12.4. The second kappa shape index (κ2) is 5.33. The number of hydrogen-bond donors (Lipinski definition) is 2. The number of nitrogens with zero attached hydrogens (tertiary/aromatic N) is 2. The Morgan fingerprint density at radius 3 is 2.82 bits per heavy atom. The molecule has 2 aliphatic heterocycles. The average molecular weight is 241 g/mol. The van der Waals surface area contributed by atoms with Crippen molar-refractivity contribution in [2.24, 2.45) is 0 Å². The first-order valence-corrected chi connectivity index (χ1v) is 6.44. The van der Waals surface area contributed by atoms with E-state index in [1.165, 1.54) is 0 Å². The highest BCUT2D eigenvalue weighted by Gasteiger charge is 2.33. The van der Waals surface area contributed by atoms with Crippen molar-refractivity contribution in [1.29, 1.82) is 0 Å². The van der Waals surface area contributed by atoms with Gasteiger partial charge in [-0.25, -0.2) is 0 Å². The third-order valence-electron chi connectivity index (χ3n) is 3.84. The van der Waals surface area contributed by atoms with Crippen LogP contribution in [-0.2, 0) is 4.79 Å². The van der Waals surface area contributed by atoms with Crippen molar-refractivity contribution in [2.45, 2.75) is 37.5 Å². The van der Waals surface area contributed by atoms with Crippen molar-refractivity contribution in [3.05, 3.63) is 0 Å². The van der Waals surface area contributed by atoms with Crippen LogP contribution in [0, 0.1) is 0 Å². The number of rotatable bonds is 2. The molecule has 1 amide bonds. The maximum Gasteiger partial charge on any atom is 0.239 e. The van der Waals surface area contributed by atoms with Crippen LogP contribution in [-0.4, -0.2) is 72.7 Å². The molecular formula is C12H23N3O2. The van der Waals surface area contributed by atoms with E-state index in [1.54, 1.807) is 0 Å². The minimum Gasteiger partial charge on any atom is -0.392 e. The van der Waals surface area contributed by atoms with Gasteiger partial charge in [-0.1, -0.05) is 0 Å². The molecule has 0 bridgehead atoms. The van der Waals surface area contributed by atoms with Crippen LogP contribution < -0.4 is 5.32 Å². The topological polar surface area (TPSA) is 55.8 Å². The maximum absolute atomic E-state index is 12.2. The minimum absolute atomic E-state index is 0.160. The molecule has 17 heavy (non-hydrogen) atoms. The molecule has 3 unspecified atom stereocenters. The first kappa shape index (κ1) is 12.8. The number of aliphatic hydroxyl groups is 1. The molecule has 98 valence electrons. The largest absolute Gasteiger partial charge is 0.392 e. The molecule has 0 aromatic rings. The Morgan fingerprint density at radius 1 is 1.47 bits per heavy atom. The average Bonchev–Trinajstić information content (AvgIpc) is 2.75. The van der Waals surface area contributed by atoms with E-state index in [1.807, 2.05) is 4.90 Å². The maximum atomic E-state index is 12.2. The lowest BCUT2D eigenvalue weighted by atomic mass is 10.0. The molecule has 2 N–H and O–H groups in total. The van der Waals surface area contributed by atoms with Gasteiger partial charge < -0.3 is 20.2 Å². The summed E-state index contributed by atoms with van der Waals surface area (Å²) in [6.07, 6.45) is 2.43. The summed E-state index contributed by atoms with van der Waals surface area (Å²) in [6.45, 7) is 2.22. The standard InChI is InChI=1S/C12H23N3O2/c1-14(2)9-4-3-5-15(8-9)12(17)11-6-10(16)7-13-11/h9-11,13,16H,3-8H2,1-2H3. The Kier molecular flexibility index (Phi) is 4.01. The molecule has 0 spiro atoms. The number of piperidine rings is 1. The minimum atomic E-state index is -0.363. The summed E-state index contributed by atoms with van der Waals surface area (Å²) in [5.41, 5.74) is 0. The summed E-state index contributed by atoms with van der Waals surface area (Å²) in [5.74, 6) is 0.160. The molecule has 2 fully saturated rings. The van der Waals surface area contributed by atoms with Gasteiger partial charge in [0.1, 0.15) is 0 Å². The number of likely N-dealkylation sites (tertiary alicyclic amines) is 1. The van der Waals surface area contributed by atoms with E-state index in [-0.39, 0.29) is 18.1 Å². The zero-order valence-corrected chi connectivity index (χ0v) is 10.7. The Labute approximate surface area is 103 Å². The predicted octanol–water partition coefficient (Wildman–Crippen LogP) is -0.738. The second-order valence-electron chi connectivity index (χ2n) is 5.39. The van der Waals surface area contributed by atoms with Gasteiger partial charge in [-0.15, -0.1) is 0 Å². The molecule has 0 radical (unpaired) electrons. The molecule has 0 aliphatic carbocycles. The fourth-order valence-electron chi connectivity index (χ4n) is 2.70. The first-order chi connectivity index (χ1) is 8.08. The van der Waals surface area contributed by atoms with Gasteiger partial charge in [0.05, 0.1) is 12.1 Å². The highest BCUT2D eigenvalue weighted by molar-refractivity contribution is 5.82. The van der Waals surface area contributed by atoms with Gasteiger partial charge in [0, 0.05) is 25.7 Å². The number of carbonyl (C=O) groups is 1. The molecule has 0 aromatic carbocycles. The van der Waals surface area contributed by atoms with Gasteiger partial charge in [0.2, 0.25) is 5.91 Å². The fraction of sp³-hybridized carbons (Fsp3) is 0.917.